The van der Waals surface area contributed by atoms with Crippen molar-refractivity contribution in [2.45, 2.75) is 95.0 Å². The number of hydrogen-bond acceptors (Lipinski definition) is 9. The number of ether oxygens (including phenoxy) is 2. The number of carbonyl (C=O) groups is 2. The largest absolute Gasteiger partial charge is 0.449 e. The molecule has 3 fully saturated rings. The number of pyridine rings is 1. The first-order valence-corrected chi connectivity index (χ1v) is 15.4. The maximum Gasteiger partial charge on any atom is 0.358 e. The Morgan fingerprint density at radius 3 is 2.70 bits per heavy atom. The van der Waals surface area contributed by atoms with E-state index in [9.17, 15) is 20.0 Å². The molecule has 3 aliphatic heterocycles. The molecule has 1 aromatic heterocycles. The second-order valence-electron chi connectivity index (χ2n) is 13.7. The van der Waals surface area contributed by atoms with Crippen molar-refractivity contribution >= 4 is 11.9 Å². The monoisotopic (exact) mass is 605 g/mol. The summed E-state index contributed by atoms with van der Waals surface area (Å²) in [5.74, 6) is -1.23. The van der Waals surface area contributed by atoms with Gasteiger partial charge in [0.2, 0.25) is 12.3 Å². The predicted octanol–water partition coefficient (Wildman–Crippen LogP) is 3.47. The number of amides is 1. The highest BCUT2D eigenvalue weighted by molar-refractivity contribution is 5.93. The standard InChI is InChI=1S/C33H40FN5O5/c1-32(2,3)44-31(42)39-24-8-7-21(14-24)28(39)29(40)37-23(17-35)13-20-6-5-19(16-26(20)34)22-15-25-27(36-18-22)30(41)43-33(25)9-11-38(4)12-10-33/h5-6,15-16,18,21,23-24,28,31,42H,7-14H2,1-4H3,(H,37,40)/t21-,23-,24+,28-,31?/m0/s1. The van der Waals surface area contributed by atoms with Gasteiger partial charge < -0.3 is 24.8 Å². The van der Waals surface area contributed by atoms with Gasteiger partial charge in [-0.1, -0.05) is 12.1 Å². The molecule has 1 saturated carbocycles. The molecule has 2 saturated heterocycles. The van der Waals surface area contributed by atoms with E-state index in [1.54, 1.807) is 23.2 Å². The van der Waals surface area contributed by atoms with Gasteiger partial charge in [0.05, 0.1) is 17.7 Å². The lowest BCUT2D eigenvalue weighted by Gasteiger charge is -2.39. The van der Waals surface area contributed by atoms with Crippen LogP contribution in [-0.2, 0) is 26.3 Å². The molecule has 1 amide bonds. The molecule has 4 aliphatic rings. The van der Waals surface area contributed by atoms with Crippen LogP contribution in [0, 0.1) is 23.1 Å². The molecule has 1 unspecified atom stereocenters. The number of aromatic nitrogens is 1. The maximum absolute atomic E-state index is 15.5. The number of piperidine rings is 2. The van der Waals surface area contributed by atoms with E-state index in [0.717, 1.165) is 37.9 Å². The molecule has 2 aromatic rings. The summed E-state index contributed by atoms with van der Waals surface area (Å²) in [5, 5.41) is 23.5. The van der Waals surface area contributed by atoms with Crippen LogP contribution in [0.1, 0.15) is 74.5 Å². The van der Waals surface area contributed by atoms with E-state index >= 15 is 4.39 Å². The highest BCUT2D eigenvalue weighted by Gasteiger charge is 2.52. The van der Waals surface area contributed by atoms with E-state index in [2.05, 4.69) is 21.3 Å². The maximum atomic E-state index is 15.5. The van der Waals surface area contributed by atoms with Crippen LogP contribution in [0.15, 0.2) is 30.5 Å². The lowest BCUT2D eigenvalue weighted by molar-refractivity contribution is -0.254. The molecule has 4 heterocycles. The number of aliphatic hydroxyl groups excluding tert-OH is 1. The fourth-order valence-corrected chi connectivity index (χ4v) is 7.33. The van der Waals surface area contributed by atoms with Crippen LogP contribution >= 0.6 is 0 Å². The van der Waals surface area contributed by atoms with Crippen LogP contribution in [0.2, 0.25) is 0 Å². The number of aliphatic hydroxyl groups is 1. The van der Waals surface area contributed by atoms with E-state index in [0.29, 0.717) is 35.2 Å². The molecule has 2 N–H and O–H groups in total. The third-order valence-corrected chi connectivity index (χ3v) is 9.55. The van der Waals surface area contributed by atoms with Crippen molar-refractivity contribution in [2.24, 2.45) is 5.92 Å². The zero-order valence-electron chi connectivity index (χ0n) is 25.7. The Bertz CT molecular complexity index is 1490. The van der Waals surface area contributed by atoms with Crippen LogP contribution in [0.25, 0.3) is 11.1 Å². The third-order valence-electron chi connectivity index (χ3n) is 9.55. The molecule has 1 spiro atoms. The normalized spacial score (nSPS) is 25.8. The molecule has 5 atom stereocenters. The first-order chi connectivity index (χ1) is 20.9. The lowest BCUT2D eigenvalue weighted by atomic mass is 9.84. The summed E-state index contributed by atoms with van der Waals surface area (Å²) < 4.78 is 27.1. The molecule has 44 heavy (non-hydrogen) atoms. The Kier molecular flexibility index (Phi) is 7.99. The van der Waals surface area contributed by atoms with Crippen LogP contribution in [0.3, 0.4) is 0 Å². The van der Waals surface area contributed by atoms with Crippen molar-refractivity contribution in [3.63, 3.8) is 0 Å². The molecular weight excluding hydrogens is 565 g/mol. The number of rotatable bonds is 7. The topological polar surface area (TPSA) is 128 Å². The summed E-state index contributed by atoms with van der Waals surface area (Å²) in [6, 6.07) is 7.21. The van der Waals surface area contributed by atoms with Crippen LogP contribution in [-0.4, -0.2) is 82.0 Å². The van der Waals surface area contributed by atoms with Crippen molar-refractivity contribution in [3.8, 4) is 17.2 Å². The summed E-state index contributed by atoms with van der Waals surface area (Å²) in [5.41, 5.74) is 1.31. The smallest absolute Gasteiger partial charge is 0.358 e. The predicted molar refractivity (Wildman–Crippen MR) is 158 cm³/mol. The summed E-state index contributed by atoms with van der Waals surface area (Å²) in [6.45, 7) is 7.11. The van der Waals surface area contributed by atoms with Gasteiger partial charge in [0.1, 0.15) is 17.5 Å². The fourth-order valence-electron chi connectivity index (χ4n) is 7.33. The highest BCUT2D eigenvalue weighted by Crippen LogP contribution is 2.45. The Morgan fingerprint density at radius 2 is 2.02 bits per heavy atom. The van der Waals surface area contributed by atoms with Gasteiger partial charge >= 0.3 is 5.97 Å². The van der Waals surface area contributed by atoms with Crippen molar-refractivity contribution < 1.29 is 28.6 Å². The van der Waals surface area contributed by atoms with Crippen molar-refractivity contribution in [2.75, 3.05) is 20.1 Å². The van der Waals surface area contributed by atoms with E-state index < -0.39 is 41.5 Å². The number of hydrogen-bond donors (Lipinski definition) is 2. The number of esters is 1. The molecule has 2 bridgehead atoms. The number of nitriles is 1. The van der Waals surface area contributed by atoms with Gasteiger partial charge in [-0.25, -0.2) is 19.1 Å². The third kappa shape index (κ3) is 5.72. The molecule has 0 radical (unpaired) electrons. The van der Waals surface area contributed by atoms with Crippen molar-refractivity contribution in [1.82, 2.24) is 20.1 Å². The first-order valence-electron chi connectivity index (χ1n) is 15.4. The zero-order valence-corrected chi connectivity index (χ0v) is 25.7. The van der Waals surface area contributed by atoms with Crippen LogP contribution < -0.4 is 5.32 Å². The summed E-state index contributed by atoms with van der Waals surface area (Å²) in [7, 11) is 2.03. The average Bonchev–Trinajstić information content (AvgIpc) is 3.67. The second-order valence-corrected chi connectivity index (χ2v) is 13.7. The van der Waals surface area contributed by atoms with E-state index in [1.807, 2.05) is 33.9 Å². The minimum Gasteiger partial charge on any atom is -0.449 e. The van der Waals surface area contributed by atoms with Crippen LogP contribution in [0.5, 0.6) is 0 Å². The molecule has 234 valence electrons. The number of nitrogens with zero attached hydrogens (tertiary/aromatic N) is 4. The van der Waals surface area contributed by atoms with Gasteiger partial charge in [-0.15, -0.1) is 0 Å². The molecule has 1 aliphatic carbocycles. The lowest BCUT2D eigenvalue weighted by Crippen LogP contribution is -2.57. The Balaban J connectivity index is 1.16. The van der Waals surface area contributed by atoms with Crippen molar-refractivity contribution in [1.29, 1.82) is 5.26 Å². The van der Waals surface area contributed by atoms with Crippen LogP contribution in [0.4, 0.5) is 4.39 Å². The molecule has 11 heteroatoms. The van der Waals surface area contributed by atoms with Gasteiger partial charge in [-0.2, -0.15) is 5.26 Å². The Hall–Kier alpha value is -3.43. The SMILES string of the molecule is CN1CCC2(CC1)OC(=O)c1ncc(-c3ccc(C[C@@H](C#N)NC(=O)[C@@H]4[C@H]5CC[C@H](C5)N4C(O)OC(C)(C)C)c(F)c3)cc12. The first kappa shape index (κ1) is 30.6. The van der Waals surface area contributed by atoms with E-state index in [1.165, 1.54) is 6.07 Å². The number of nitrogens with one attached hydrogen (secondary N) is 1. The van der Waals surface area contributed by atoms with E-state index in [-0.39, 0.29) is 24.3 Å². The second kappa shape index (κ2) is 11.5. The number of benzene rings is 1. The van der Waals surface area contributed by atoms with E-state index in [4.69, 9.17) is 9.47 Å². The molecular formula is C33H40FN5O5. The van der Waals surface area contributed by atoms with Gasteiger partial charge in [-0.05, 0) is 76.3 Å². The van der Waals surface area contributed by atoms with Crippen molar-refractivity contribution in [3.05, 3.63) is 53.1 Å². The zero-order chi connectivity index (χ0) is 31.4. The quantitative estimate of drug-likeness (QED) is 0.360. The highest BCUT2D eigenvalue weighted by atomic mass is 19.1. The van der Waals surface area contributed by atoms with Gasteiger partial charge in [0.15, 0.2) is 5.69 Å². The number of likely N-dealkylation sites (tertiary alicyclic amines) is 2. The number of halogens is 1. The van der Waals surface area contributed by atoms with Gasteiger partial charge in [0.25, 0.3) is 0 Å². The molecule has 1 aromatic carbocycles. The minimum atomic E-state index is -1.24. The van der Waals surface area contributed by atoms with Gasteiger partial charge in [-0.3, -0.25) is 4.79 Å². The average molecular weight is 606 g/mol. The Morgan fingerprint density at radius 1 is 1.27 bits per heavy atom. The number of carbonyl (C=O) groups excluding carboxylic acids is 2. The minimum absolute atomic E-state index is 0.0162. The van der Waals surface area contributed by atoms with Gasteiger partial charge in [0, 0.05) is 55.7 Å². The fraction of sp³-hybridized carbons (Fsp3) is 0.576. The summed E-state index contributed by atoms with van der Waals surface area (Å²) >= 11 is 0. The summed E-state index contributed by atoms with van der Waals surface area (Å²) in [6.07, 6.45) is 4.17. The Labute approximate surface area is 257 Å². The molecule has 10 nitrogen and oxygen atoms in total. The number of fused-ring (bicyclic) bond motifs is 4. The summed E-state index contributed by atoms with van der Waals surface area (Å²) in [4.78, 5) is 34.3. The molecule has 6 rings (SSSR count).